The van der Waals surface area contributed by atoms with E-state index in [0.717, 1.165) is 0 Å². The maximum absolute atomic E-state index is 12.6. The third-order valence-corrected chi connectivity index (χ3v) is 4.80. The average Bonchev–Trinajstić information content (AvgIpc) is 2.52. The second-order valence-corrected chi connectivity index (χ2v) is 7.26. The predicted molar refractivity (Wildman–Crippen MR) is 94.8 cm³/mol. The number of aliphatic hydroxyl groups excluding tert-OH is 1. The molecule has 1 aliphatic rings. The van der Waals surface area contributed by atoms with Crippen molar-refractivity contribution in [3.63, 3.8) is 0 Å². The Kier molecular flexibility index (Phi) is 4.08. The smallest absolute Gasteiger partial charge is 0.270 e. The highest BCUT2D eigenvalue weighted by atomic mass is 79.9. The van der Waals surface area contributed by atoms with Crippen LogP contribution in [-0.2, 0) is 0 Å². The van der Waals surface area contributed by atoms with Crippen molar-refractivity contribution in [3.05, 3.63) is 61.0 Å². The first kappa shape index (κ1) is 17.4. The number of pyridine rings is 1. The van der Waals surface area contributed by atoms with Crippen molar-refractivity contribution in [2.45, 2.75) is 31.6 Å². The predicted octanol–water partition coefficient (Wildman–Crippen LogP) is 2.22. The van der Waals surface area contributed by atoms with Crippen molar-refractivity contribution in [2.75, 3.05) is 5.73 Å². The van der Waals surface area contributed by atoms with Gasteiger partial charge in [0.1, 0.15) is 17.5 Å². The minimum atomic E-state index is -1.13. The van der Waals surface area contributed by atoms with E-state index in [-0.39, 0.29) is 10.2 Å². The van der Waals surface area contributed by atoms with Gasteiger partial charge in [0.25, 0.3) is 11.2 Å². The number of aromatic nitrogens is 1. The minimum absolute atomic E-state index is 0.157. The fourth-order valence-corrected chi connectivity index (χ4v) is 3.43. The van der Waals surface area contributed by atoms with Crippen LogP contribution in [0.2, 0.25) is 0 Å². The van der Waals surface area contributed by atoms with Crippen LogP contribution in [0.15, 0.2) is 39.7 Å². The first-order valence-electron chi connectivity index (χ1n) is 7.44. The molecule has 1 aromatic carbocycles. The standard InChI is InChI=1S/C16H16BrN3O5/c1-16(2)14(21)13(19-7-8(18)5-11(17)15(19)22)10-6-9(20(23)24)3-4-12(10)25-16/h3-7,13-14,21H,18H2,1-2H3. The van der Waals surface area contributed by atoms with Gasteiger partial charge < -0.3 is 20.1 Å². The third-order valence-electron chi connectivity index (χ3n) is 4.23. The molecule has 0 amide bonds. The van der Waals surface area contributed by atoms with Gasteiger partial charge >= 0.3 is 0 Å². The summed E-state index contributed by atoms with van der Waals surface area (Å²) in [4.78, 5) is 23.2. The van der Waals surface area contributed by atoms with Gasteiger partial charge in [-0.15, -0.1) is 0 Å². The molecule has 1 aliphatic heterocycles. The van der Waals surface area contributed by atoms with E-state index in [9.17, 15) is 20.0 Å². The van der Waals surface area contributed by atoms with Gasteiger partial charge in [0.15, 0.2) is 0 Å². The van der Waals surface area contributed by atoms with E-state index in [1.165, 1.54) is 35.0 Å². The number of hydrogen-bond acceptors (Lipinski definition) is 6. The van der Waals surface area contributed by atoms with Gasteiger partial charge in [-0.05, 0) is 41.9 Å². The van der Waals surface area contributed by atoms with Crippen molar-refractivity contribution < 1.29 is 14.8 Å². The summed E-state index contributed by atoms with van der Waals surface area (Å²) in [5.74, 6) is 0.372. The number of halogens is 1. The lowest BCUT2D eigenvalue weighted by molar-refractivity contribution is -0.385. The molecule has 0 radical (unpaired) electrons. The number of hydrogen-bond donors (Lipinski definition) is 2. The molecule has 1 aromatic heterocycles. The summed E-state index contributed by atoms with van der Waals surface area (Å²) in [5.41, 5.74) is 4.92. The lowest BCUT2D eigenvalue weighted by Gasteiger charge is -2.42. The van der Waals surface area contributed by atoms with E-state index in [4.69, 9.17) is 10.5 Å². The van der Waals surface area contributed by atoms with Crippen molar-refractivity contribution in [2.24, 2.45) is 0 Å². The number of nitrogen functional groups attached to an aromatic ring is 1. The largest absolute Gasteiger partial charge is 0.485 e. The molecule has 0 bridgehead atoms. The van der Waals surface area contributed by atoms with Gasteiger partial charge in [0.05, 0.1) is 15.4 Å². The molecule has 2 atom stereocenters. The highest BCUT2D eigenvalue weighted by Crippen LogP contribution is 2.43. The van der Waals surface area contributed by atoms with E-state index in [1.54, 1.807) is 13.8 Å². The number of ether oxygens (including phenoxy) is 1. The number of nitro groups is 1. The summed E-state index contributed by atoms with van der Waals surface area (Å²) < 4.78 is 7.29. The first-order valence-corrected chi connectivity index (χ1v) is 8.23. The molecule has 2 heterocycles. The van der Waals surface area contributed by atoms with Crippen LogP contribution in [0.3, 0.4) is 0 Å². The quantitative estimate of drug-likeness (QED) is 0.579. The Balaban J connectivity index is 2.30. The van der Waals surface area contributed by atoms with E-state index in [0.29, 0.717) is 17.0 Å². The van der Waals surface area contributed by atoms with Crippen molar-refractivity contribution in [1.82, 2.24) is 4.57 Å². The zero-order valence-electron chi connectivity index (χ0n) is 13.5. The second-order valence-electron chi connectivity index (χ2n) is 6.41. The monoisotopic (exact) mass is 409 g/mol. The van der Waals surface area contributed by atoms with Gasteiger partial charge in [-0.1, -0.05) is 0 Å². The van der Waals surface area contributed by atoms with Crippen LogP contribution in [0.5, 0.6) is 5.75 Å². The molecule has 0 aliphatic carbocycles. The van der Waals surface area contributed by atoms with E-state index >= 15 is 0 Å². The molecule has 2 unspecified atom stereocenters. The van der Waals surface area contributed by atoms with Gasteiger partial charge in [-0.2, -0.15) is 0 Å². The van der Waals surface area contributed by atoms with Gasteiger partial charge in [-0.3, -0.25) is 14.9 Å². The van der Waals surface area contributed by atoms with E-state index in [2.05, 4.69) is 15.9 Å². The molecule has 3 N–H and O–H groups in total. The van der Waals surface area contributed by atoms with Crippen molar-refractivity contribution >= 4 is 27.3 Å². The van der Waals surface area contributed by atoms with Crippen LogP contribution in [-0.4, -0.2) is 26.3 Å². The molecule has 0 spiro atoms. The number of aliphatic hydroxyl groups is 1. The van der Waals surface area contributed by atoms with E-state index in [1.807, 2.05) is 0 Å². The number of nitrogens with zero attached hydrogens (tertiary/aromatic N) is 2. The summed E-state index contributed by atoms with van der Waals surface area (Å²) >= 11 is 3.16. The summed E-state index contributed by atoms with van der Waals surface area (Å²) in [6.45, 7) is 3.36. The van der Waals surface area contributed by atoms with Gasteiger partial charge in [-0.25, -0.2) is 0 Å². The summed E-state index contributed by atoms with van der Waals surface area (Å²) in [7, 11) is 0. The molecule has 2 aromatic rings. The Bertz CT molecular complexity index is 924. The molecule has 0 fully saturated rings. The maximum atomic E-state index is 12.6. The van der Waals surface area contributed by atoms with Crippen LogP contribution in [0.4, 0.5) is 11.4 Å². The number of benzene rings is 1. The molecule has 0 saturated heterocycles. The van der Waals surface area contributed by atoms with Crippen LogP contribution < -0.4 is 16.0 Å². The normalized spacial score (nSPS) is 21.3. The molecule has 9 heteroatoms. The Morgan fingerprint density at radius 3 is 2.72 bits per heavy atom. The third kappa shape index (κ3) is 2.89. The number of non-ortho nitro benzene ring substituents is 1. The highest BCUT2D eigenvalue weighted by Gasteiger charge is 2.44. The number of anilines is 1. The molecule has 0 saturated carbocycles. The van der Waals surface area contributed by atoms with Crippen molar-refractivity contribution in [1.29, 1.82) is 0 Å². The minimum Gasteiger partial charge on any atom is -0.485 e. The summed E-state index contributed by atoms with van der Waals surface area (Å²) in [5, 5.41) is 21.9. The highest BCUT2D eigenvalue weighted by molar-refractivity contribution is 9.10. The fraction of sp³-hybridized carbons (Fsp3) is 0.312. The first-order chi connectivity index (χ1) is 11.6. The summed E-state index contributed by atoms with van der Waals surface area (Å²) in [6, 6.07) is 4.68. The molecular weight excluding hydrogens is 394 g/mol. The second kappa shape index (κ2) is 5.85. The fourth-order valence-electron chi connectivity index (χ4n) is 2.96. The molecule has 8 nitrogen and oxygen atoms in total. The SMILES string of the molecule is CC1(C)Oc2ccc([N+](=O)[O-])cc2C(n2cc(N)cc(Br)c2=O)C1O. The van der Waals surface area contributed by atoms with Crippen LogP contribution in [0, 0.1) is 10.1 Å². The summed E-state index contributed by atoms with van der Waals surface area (Å²) in [6.07, 6.45) is 0.277. The molecule has 3 rings (SSSR count). The number of nitro benzene ring substituents is 1. The Morgan fingerprint density at radius 1 is 1.40 bits per heavy atom. The molecule has 25 heavy (non-hydrogen) atoms. The number of fused-ring (bicyclic) bond motifs is 1. The van der Waals surface area contributed by atoms with Gasteiger partial charge in [0.2, 0.25) is 0 Å². The average molecular weight is 410 g/mol. The zero-order chi connectivity index (χ0) is 18.5. The zero-order valence-corrected chi connectivity index (χ0v) is 15.1. The lowest BCUT2D eigenvalue weighted by atomic mass is 9.86. The van der Waals surface area contributed by atoms with Crippen molar-refractivity contribution in [3.8, 4) is 5.75 Å². The Morgan fingerprint density at radius 2 is 2.08 bits per heavy atom. The molecular formula is C16H16BrN3O5. The van der Waals surface area contributed by atoms with Crippen LogP contribution in [0.25, 0.3) is 0 Å². The van der Waals surface area contributed by atoms with Crippen LogP contribution in [0.1, 0.15) is 25.5 Å². The maximum Gasteiger partial charge on any atom is 0.270 e. The Hall–Kier alpha value is -2.39. The van der Waals surface area contributed by atoms with E-state index < -0.39 is 28.2 Å². The topological polar surface area (TPSA) is 121 Å². The lowest BCUT2D eigenvalue weighted by Crippen LogP contribution is -2.52. The van der Waals surface area contributed by atoms with Gasteiger partial charge in [0, 0.05) is 29.6 Å². The number of rotatable bonds is 2. The number of nitrogens with two attached hydrogens (primary N) is 1. The van der Waals surface area contributed by atoms with Crippen LogP contribution >= 0.6 is 15.9 Å². The Labute approximate surface area is 151 Å². The molecule has 132 valence electrons.